The van der Waals surface area contributed by atoms with Crippen LogP contribution in [0.15, 0.2) is 72.8 Å². The van der Waals surface area contributed by atoms with Crippen LogP contribution in [-0.4, -0.2) is 35.2 Å². The van der Waals surface area contributed by atoms with Gasteiger partial charge in [0.25, 0.3) is 5.91 Å². The number of nitrogens with zero attached hydrogens (tertiary/aromatic N) is 2. The van der Waals surface area contributed by atoms with Crippen LogP contribution >= 0.6 is 11.6 Å². The molecular formula is C27H28ClN3O3. The topological polar surface area (TPSA) is 65.4 Å². The van der Waals surface area contributed by atoms with E-state index >= 15 is 0 Å². The van der Waals surface area contributed by atoms with Gasteiger partial charge in [-0.25, -0.2) is 4.98 Å². The van der Waals surface area contributed by atoms with E-state index in [0.717, 1.165) is 46.0 Å². The van der Waals surface area contributed by atoms with E-state index in [1.165, 1.54) is 0 Å². The molecule has 0 unspecified atom stereocenters. The van der Waals surface area contributed by atoms with Gasteiger partial charge in [0.1, 0.15) is 23.9 Å². The second-order valence-electron chi connectivity index (χ2n) is 7.98. The summed E-state index contributed by atoms with van der Waals surface area (Å²) < 4.78 is 13.6. The van der Waals surface area contributed by atoms with Crippen LogP contribution in [0.1, 0.15) is 17.8 Å². The van der Waals surface area contributed by atoms with Crippen LogP contribution < -0.4 is 14.8 Å². The third-order valence-electron chi connectivity index (χ3n) is 5.46. The van der Waals surface area contributed by atoms with E-state index in [-0.39, 0.29) is 12.5 Å². The number of hydrogen-bond donors (Lipinski definition) is 1. The fourth-order valence-electron chi connectivity index (χ4n) is 3.72. The number of fused-ring (bicyclic) bond motifs is 1. The Morgan fingerprint density at radius 3 is 2.62 bits per heavy atom. The smallest absolute Gasteiger partial charge is 0.257 e. The number of aromatic nitrogens is 2. The molecule has 1 heterocycles. The zero-order chi connectivity index (χ0) is 23.8. The number of nitrogens with one attached hydrogen (secondary N) is 1. The minimum Gasteiger partial charge on any atom is -0.492 e. The average molecular weight is 478 g/mol. The Hall–Kier alpha value is -3.51. The zero-order valence-electron chi connectivity index (χ0n) is 19.2. The molecule has 176 valence electrons. The molecule has 0 fully saturated rings. The van der Waals surface area contributed by atoms with Gasteiger partial charge in [0.15, 0.2) is 6.61 Å². The number of rotatable bonds is 11. The van der Waals surface area contributed by atoms with Crippen molar-refractivity contribution in [1.29, 1.82) is 0 Å². The molecule has 0 saturated heterocycles. The molecule has 0 spiro atoms. The summed E-state index contributed by atoms with van der Waals surface area (Å²) in [6.45, 7) is 3.71. The van der Waals surface area contributed by atoms with Crippen LogP contribution in [0.5, 0.6) is 11.5 Å². The molecule has 4 aromatic rings. The van der Waals surface area contributed by atoms with Crippen molar-refractivity contribution in [3.8, 4) is 11.5 Å². The van der Waals surface area contributed by atoms with Crippen molar-refractivity contribution in [2.24, 2.45) is 0 Å². The van der Waals surface area contributed by atoms with Gasteiger partial charge in [-0.2, -0.15) is 0 Å². The molecule has 1 aromatic heterocycles. The summed E-state index contributed by atoms with van der Waals surface area (Å²) in [6.07, 6.45) is 1.52. The van der Waals surface area contributed by atoms with E-state index in [9.17, 15) is 4.79 Å². The van der Waals surface area contributed by atoms with Crippen molar-refractivity contribution in [3.63, 3.8) is 0 Å². The highest BCUT2D eigenvalue weighted by molar-refractivity contribution is 6.31. The number of halogens is 1. The number of imidazole rings is 1. The summed E-state index contributed by atoms with van der Waals surface area (Å²) in [5, 5.41) is 3.64. The third-order valence-corrected chi connectivity index (χ3v) is 5.88. The summed E-state index contributed by atoms with van der Waals surface area (Å²) in [5.74, 6) is 2.33. The molecule has 0 radical (unpaired) electrons. The molecule has 1 N–H and O–H groups in total. The Kier molecular flexibility index (Phi) is 8.04. The van der Waals surface area contributed by atoms with E-state index in [2.05, 4.69) is 16.0 Å². The van der Waals surface area contributed by atoms with Crippen molar-refractivity contribution in [3.05, 3.63) is 89.2 Å². The maximum atomic E-state index is 12.1. The average Bonchev–Trinajstić information content (AvgIpc) is 3.21. The fraction of sp³-hybridized carbons (Fsp3) is 0.259. The monoisotopic (exact) mass is 477 g/mol. The summed E-state index contributed by atoms with van der Waals surface area (Å²) in [4.78, 5) is 16.9. The standard InChI is InChI=1S/C27H28ClN3O3/c1-20-18-22(13-14-23(20)28)33-17-16-31-25-11-6-5-10-24(25)30-26(31)12-7-15-29-27(32)19-34-21-8-3-2-4-9-21/h2-6,8-11,13-14,18H,7,12,15-17,19H2,1H3,(H,29,32). The molecule has 0 aliphatic rings. The van der Waals surface area contributed by atoms with Gasteiger partial charge in [-0.1, -0.05) is 41.9 Å². The Balaban J connectivity index is 1.29. The number of carbonyl (C=O) groups is 1. The first kappa shape index (κ1) is 23.6. The zero-order valence-corrected chi connectivity index (χ0v) is 19.9. The molecule has 7 heteroatoms. The fourth-order valence-corrected chi connectivity index (χ4v) is 3.84. The van der Waals surface area contributed by atoms with Crippen LogP contribution in [0.25, 0.3) is 11.0 Å². The first-order valence-electron chi connectivity index (χ1n) is 11.4. The summed E-state index contributed by atoms with van der Waals surface area (Å²) in [5.41, 5.74) is 3.03. The van der Waals surface area contributed by atoms with E-state index in [1.54, 1.807) is 0 Å². The Labute approximate surface area is 204 Å². The van der Waals surface area contributed by atoms with Gasteiger partial charge in [-0.3, -0.25) is 4.79 Å². The number of aryl methyl sites for hydroxylation is 2. The van der Waals surface area contributed by atoms with E-state index in [0.29, 0.717) is 25.4 Å². The summed E-state index contributed by atoms with van der Waals surface area (Å²) >= 11 is 6.11. The molecule has 0 saturated carbocycles. The first-order chi connectivity index (χ1) is 16.6. The maximum absolute atomic E-state index is 12.1. The highest BCUT2D eigenvalue weighted by Crippen LogP contribution is 2.22. The van der Waals surface area contributed by atoms with Crippen LogP contribution in [0.2, 0.25) is 5.02 Å². The van der Waals surface area contributed by atoms with Crippen LogP contribution in [0.4, 0.5) is 0 Å². The van der Waals surface area contributed by atoms with Gasteiger partial charge in [-0.15, -0.1) is 0 Å². The quantitative estimate of drug-likeness (QED) is 0.301. The van der Waals surface area contributed by atoms with Crippen molar-refractivity contribution in [2.75, 3.05) is 19.8 Å². The van der Waals surface area contributed by atoms with Gasteiger partial charge >= 0.3 is 0 Å². The van der Waals surface area contributed by atoms with Crippen LogP contribution in [-0.2, 0) is 17.8 Å². The Morgan fingerprint density at radius 1 is 1.00 bits per heavy atom. The van der Waals surface area contributed by atoms with Gasteiger partial charge in [0, 0.05) is 18.0 Å². The molecule has 0 aliphatic heterocycles. The van der Waals surface area contributed by atoms with E-state index in [1.807, 2.05) is 73.7 Å². The lowest BCUT2D eigenvalue weighted by Gasteiger charge is -2.12. The molecular weight excluding hydrogens is 450 g/mol. The van der Waals surface area contributed by atoms with Crippen molar-refractivity contribution in [1.82, 2.24) is 14.9 Å². The van der Waals surface area contributed by atoms with Crippen LogP contribution in [0.3, 0.4) is 0 Å². The second kappa shape index (κ2) is 11.6. The number of amides is 1. The number of benzene rings is 3. The lowest BCUT2D eigenvalue weighted by atomic mass is 10.2. The highest BCUT2D eigenvalue weighted by Gasteiger charge is 2.11. The van der Waals surface area contributed by atoms with Crippen molar-refractivity contribution < 1.29 is 14.3 Å². The van der Waals surface area contributed by atoms with Crippen molar-refractivity contribution in [2.45, 2.75) is 26.3 Å². The van der Waals surface area contributed by atoms with Crippen molar-refractivity contribution >= 4 is 28.5 Å². The highest BCUT2D eigenvalue weighted by atomic mass is 35.5. The maximum Gasteiger partial charge on any atom is 0.257 e. The predicted molar refractivity (Wildman–Crippen MR) is 135 cm³/mol. The molecule has 0 atom stereocenters. The van der Waals surface area contributed by atoms with E-state index < -0.39 is 0 Å². The minimum absolute atomic E-state index is 0.00401. The number of hydrogen-bond acceptors (Lipinski definition) is 4. The van der Waals surface area contributed by atoms with E-state index in [4.69, 9.17) is 26.1 Å². The molecule has 3 aromatic carbocycles. The number of carbonyl (C=O) groups excluding carboxylic acids is 1. The molecule has 1 amide bonds. The van der Waals surface area contributed by atoms with Gasteiger partial charge in [-0.05, 0) is 61.4 Å². The number of para-hydroxylation sites is 3. The Bertz CT molecular complexity index is 1240. The molecule has 34 heavy (non-hydrogen) atoms. The van der Waals surface area contributed by atoms with Gasteiger partial charge in [0.05, 0.1) is 17.6 Å². The number of ether oxygens (including phenoxy) is 2. The first-order valence-corrected chi connectivity index (χ1v) is 11.8. The van der Waals surface area contributed by atoms with Gasteiger partial charge < -0.3 is 19.4 Å². The Morgan fingerprint density at radius 2 is 1.79 bits per heavy atom. The summed E-state index contributed by atoms with van der Waals surface area (Å²) in [6, 6.07) is 23.1. The SMILES string of the molecule is Cc1cc(OCCn2c(CCCNC(=O)COc3ccccc3)nc3ccccc32)ccc1Cl. The molecule has 0 bridgehead atoms. The lowest BCUT2D eigenvalue weighted by Crippen LogP contribution is -2.30. The predicted octanol–water partition coefficient (Wildman–Crippen LogP) is 5.20. The van der Waals surface area contributed by atoms with Gasteiger partial charge in [0.2, 0.25) is 0 Å². The molecule has 6 nitrogen and oxygen atoms in total. The van der Waals surface area contributed by atoms with Crippen LogP contribution in [0, 0.1) is 6.92 Å². The summed E-state index contributed by atoms with van der Waals surface area (Å²) in [7, 11) is 0. The normalized spacial score (nSPS) is 10.9. The molecule has 4 rings (SSSR count). The molecule has 0 aliphatic carbocycles. The minimum atomic E-state index is -0.135. The largest absolute Gasteiger partial charge is 0.492 e. The second-order valence-corrected chi connectivity index (χ2v) is 8.39. The lowest BCUT2D eigenvalue weighted by molar-refractivity contribution is -0.123. The third kappa shape index (κ3) is 6.29.